The molecule has 0 radical (unpaired) electrons. The maximum Gasteiger partial charge on any atom is 0.490 e. The van der Waals surface area contributed by atoms with E-state index in [1.165, 1.54) is 6.07 Å². The van der Waals surface area contributed by atoms with Gasteiger partial charge in [0.1, 0.15) is 17.7 Å². The molecular formula is C18H18ClF4N3O3. The summed E-state index contributed by atoms with van der Waals surface area (Å²) in [6, 6.07) is 10.2. The number of carbonyl (C=O) groups is 1. The second kappa shape index (κ2) is 10.3. The molecule has 1 atom stereocenters. The molecule has 1 aromatic heterocycles. The van der Waals surface area contributed by atoms with E-state index in [4.69, 9.17) is 26.2 Å². The fourth-order valence-corrected chi connectivity index (χ4v) is 2.49. The Kier molecular flexibility index (Phi) is 8.03. The van der Waals surface area contributed by atoms with Crippen LogP contribution in [-0.2, 0) is 11.3 Å². The monoisotopic (exact) mass is 435 g/mol. The van der Waals surface area contributed by atoms with E-state index in [1.807, 2.05) is 18.2 Å². The summed E-state index contributed by atoms with van der Waals surface area (Å²) in [5.74, 6) is -1.86. The molecule has 3 N–H and O–H groups in total. The molecule has 1 unspecified atom stereocenters. The van der Waals surface area contributed by atoms with Gasteiger partial charge in [0.25, 0.3) is 0 Å². The number of ether oxygens (including phenoxy) is 1. The average Bonchev–Trinajstić information content (AvgIpc) is 3.14. The molecule has 0 saturated carbocycles. The van der Waals surface area contributed by atoms with Crippen LogP contribution in [0.4, 0.5) is 23.4 Å². The molecular weight excluding hydrogens is 418 g/mol. The zero-order chi connectivity index (χ0) is 21.4. The summed E-state index contributed by atoms with van der Waals surface area (Å²) in [7, 11) is 0. The molecule has 1 saturated heterocycles. The third-order valence-corrected chi connectivity index (χ3v) is 3.98. The lowest BCUT2D eigenvalue weighted by molar-refractivity contribution is -0.192. The first-order valence-electron chi connectivity index (χ1n) is 8.47. The molecule has 3 rings (SSSR count). The zero-order valence-corrected chi connectivity index (χ0v) is 15.7. The van der Waals surface area contributed by atoms with E-state index in [1.54, 1.807) is 12.1 Å². The van der Waals surface area contributed by atoms with Crippen LogP contribution in [0.15, 0.2) is 36.4 Å². The van der Waals surface area contributed by atoms with Crippen LogP contribution >= 0.6 is 11.6 Å². The van der Waals surface area contributed by atoms with Gasteiger partial charge in [-0.2, -0.15) is 18.2 Å². The number of rotatable bonds is 5. The zero-order valence-electron chi connectivity index (χ0n) is 15.0. The van der Waals surface area contributed by atoms with E-state index >= 15 is 0 Å². The molecule has 1 aromatic carbocycles. The summed E-state index contributed by atoms with van der Waals surface area (Å²) in [6.45, 7) is 2.15. The van der Waals surface area contributed by atoms with Crippen molar-refractivity contribution < 1.29 is 32.2 Å². The fraction of sp³-hybridized carbons (Fsp3) is 0.333. The lowest BCUT2D eigenvalue weighted by atomic mass is 10.2. The summed E-state index contributed by atoms with van der Waals surface area (Å²) in [5.41, 5.74) is 0.539. The van der Waals surface area contributed by atoms with Crippen molar-refractivity contribution in [3.63, 3.8) is 0 Å². The molecule has 0 bridgehead atoms. The van der Waals surface area contributed by atoms with Crippen LogP contribution in [0.1, 0.15) is 12.0 Å². The van der Waals surface area contributed by atoms with Crippen molar-refractivity contribution in [1.82, 2.24) is 10.3 Å². The number of nitrogens with zero attached hydrogens (tertiary/aromatic N) is 1. The smallest absolute Gasteiger partial charge is 0.475 e. The number of aliphatic carboxylic acids is 1. The van der Waals surface area contributed by atoms with Crippen LogP contribution in [0.2, 0.25) is 5.02 Å². The van der Waals surface area contributed by atoms with Crippen molar-refractivity contribution in [2.45, 2.75) is 25.2 Å². The first-order valence-corrected chi connectivity index (χ1v) is 8.85. The number of carboxylic acid groups (broad SMARTS) is 1. The van der Waals surface area contributed by atoms with E-state index < -0.39 is 12.1 Å². The maximum atomic E-state index is 13.7. The molecule has 158 valence electrons. The van der Waals surface area contributed by atoms with Crippen molar-refractivity contribution >= 4 is 23.4 Å². The summed E-state index contributed by atoms with van der Waals surface area (Å²) in [6.07, 6.45) is -3.94. The minimum atomic E-state index is -5.08. The lowest BCUT2D eigenvalue weighted by Crippen LogP contribution is -2.21. The van der Waals surface area contributed by atoms with Crippen molar-refractivity contribution in [1.29, 1.82) is 0 Å². The molecule has 2 aromatic rings. The van der Waals surface area contributed by atoms with Crippen molar-refractivity contribution in [2.75, 3.05) is 18.4 Å². The third-order valence-electron chi connectivity index (χ3n) is 3.74. The Morgan fingerprint density at radius 2 is 2.07 bits per heavy atom. The highest BCUT2D eigenvalue weighted by Gasteiger charge is 2.38. The Labute approximate surface area is 168 Å². The highest BCUT2D eigenvalue weighted by molar-refractivity contribution is 6.30. The number of anilines is 1. The third kappa shape index (κ3) is 7.74. The number of benzene rings is 1. The minimum Gasteiger partial charge on any atom is -0.475 e. The number of nitrogens with one attached hydrogen (secondary N) is 2. The van der Waals surface area contributed by atoms with E-state index in [-0.39, 0.29) is 11.9 Å². The van der Waals surface area contributed by atoms with Gasteiger partial charge in [-0.15, -0.1) is 0 Å². The summed E-state index contributed by atoms with van der Waals surface area (Å²) in [4.78, 5) is 13.3. The standard InChI is InChI=1S/C16H17ClFN3O.C2HF3O2/c17-12-5-4-11(14(18)8-12)9-20-15-2-1-3-16(21-15)22-13-6-7-19-10-13;3-2(4,5)1(6)7/h1-5,8,13,19H,6-7,9-10H2,(H,20,21);(H,6,7). The topological polar surface area (TPSA) is 83.5 Å². The predicted octanol–water partition coefficient (Wildman–Crippen LogP) is 3.86. The van der Waals surface area contributed by atoms with Crippen LogP contribution in [0.5, 0.6) is 5.88 Å². The van der Waals surface area contributed by atoms with Gasteiger partial charge < -0.3 is 20.5 Å². The van der Waals surface area contributed by atoms with E-state index in [0.717, 1.165) is 19.5 Å². The summed E-state index contributed by atoms with van der Waals surface area (Å²) < 4.78 is 51.3. The van der Waals surface area contributed by atoms with Gasteiger partial charge >= 0.3 is 12.1 Å². The fourth-order valence-electron chi connectivity index (χ4n) is 2.33. The van der Waals surface area contributed by atoms with Gasteiger partial charge in [0.2, 0.25) is 5.88 Å². The quantitative estimate of drug-likeness (QED) is 0.619. The molecule has 1 aliphatic heterocycles. The van der Waals surface area contributed by atoms with Crippen LogP contribution in [0.3, 0.4) is 0 Å². The number of halogens is 5. The number of hydrogen-bond acceptors (Lipinski definition) is 5. The van der Waals surface area contributed by atoms with Crippen molar-refractivity contribution in [2.24, 2.45) is 0 Å². The van der Waals surface area contributed by atoms with Gasteiger partial charge in [-0.3, -0.25) is 0 Å². The van der Waals surface area contributed by atoms with Crippen LogP contribution in [-0.4, -0.2) is 41.4 Å². The average molecular weight is 436 g/mol. The van der Waals surface area contributed by atoms with Crippen LogP contribution in [0, 0.1) is 5.82 Å². The number of carboxylic acids is 1. The lowest BCUT2D eigenvalue weighted by Gasteiger charge is -2.13. The maximum absolute atomic E-state index is 13.7. The molecule has 1 fully saturated rings. The van der Waals surface area contributed by atoms with E-state index in [2.05, 4.69) is 15.6 Å². The normalized spacial score (nSPS) is 16.0. The van der Waals surface area contributed by atoms with E-state index in [9.17, 15) is 17.6 Å². The summed E-state index contributed by atoms with van der Waals surface area (Å²) in [5, 5.41) is 13.9. The number of hydrogen-bond donors (Lipinski definition) is 3. The number of pyridine rings is 1. The first kappa shape index (κ1) is 22.7. The Balaban J connectivity index is 0.000000370. The first-order chi connectivity index (χ1) is 13.6. The van der Waals surface area contributed by atoms with Crippen LogP contribution < -0.4 is 15.4 Å². The second-order valence-electron chi connectivity index (χ2n) is 5.99. The van der Waals surface area contributed by atoms with Crippen molar-refractivity contribution in [3.05, 3.63) is 52.8 Å². The van der Waals surface area contributed by atoms with E-state index in [0.29, 0.717) is 28.8 Å². The summed E-state index contributed by atoms with van der Waals surface area (Å²) >= 11 is 5.74. The highest BCUT2D eigenvalue weighted by atomic mass is 35.5. The number of alkyl halides is 3. The Hall–Kier alpha value is -2.59. The Morgan fingerprint density at radius 1 is 1.34 bits per heavy atom. The molecule has 6 nitrogen and oxygen atoms in total. The van der Waals surface area contributed by atoms with Crippen LogP contribution in [0.25, 0.3) is 0 Å². The predicted molar refractivity (Wildman–Crippen MR) is 98.6 cm³/mol. The highest BCUT2D eigenvalue weighted by Crippen LogP contribution is 2.18. The van der Waals surface area contributed by atoms with Gasteiger partial charge in [0, 0.05) is 29.7 Å². The molecule has 29 heavy (non-hydrogen) atoms. The molecule has 0 amide bonds. The van der Waals surface area contributed by atoms with Gasteiger partial charge in [-0.05, 0) is 31.2 Å². The molecule has 2 heterocycles. The van der Waals surface area contributed by atoms with Crippen molar-refractivity contribution in [3.8, 4) is 5.88 Å². The Morgan fingerprint density at radius 3 is 2.66 bits per heavy atom. The molecule has 11 heteroatoms. The SMILES string of the molecule is Fc1cc(Cl)ccc1CNc1cccc(OC2CCNC2)n1.O=C(O)C(F)(F)F. The molecule has 1 aliphatic rings. The van der Waals surface area contributed by atoms with Gasteiger partial charge in [-0.25, -0.2) is 9.18 Å². The molecule has 0 aliphatic carbocycles. The largest absolute Gasteiger partial charge is 0.490 e. The minimum absolute atomic E-state index is 0.163. The van der Waals surface area contributed by atoms with Gasteiger partial charge in [0.15, 0.2) is 0 Å². The second-order valence-corrected chi connectivity index (χ2v) is 6.42. The van der Waals surface area contributed by atoms with Gasteiger partial charge in [-0.1, -0.05) is 23.7 Å². The van der Waals surface area contributed by atoms with Gasteiger partial charge in [0.05, 0.1) is 0 Å². The Bertz CT molecular complexity index is 830. The molecule has 0 spiro atoms. The number of aromatic nitrogens is 1.